The molecule has 47 heteroatoms. The molecule has 0 saturated carbocycles. The summed E-state index contributed by atoms with van der Waals surface area (Å²) in [4.78, 5) is -5.85. The maximum absolute atomic E-state index is 19.8. The first kappa shape index (κ1) is 92.3. The lowest BCUT2D eigenvalue weighted by atomic mass is 9.81. The molecule has 580 valence electrons. The van der Waals surface area contributed by atoms with E-state index in [9.17, 15) is 50.5 Å². The summed E-state index contributed by atoms with van der Waals surface area (Å²) in [7, 11) is -45.8. The third-order valence-corrected chi connectivity index (χ3v) is 28.4. The zero-order valence-corrected chi connectivity index (χ0v) is 66.8. The molecule has 0 radical (unpaired) electrons. The summed E-state index contributed by atoms with van der Waals surface area (Å²) in [6, 6.07) is 14.6. The maximum atomic E-state index is 19.8. The van der Waals surface area contributed by atoms with Gasteiger partial charge in [0, 0.05) is 0 Å². The molecule has 0 bridgehead atoms. The Labute approximate surface area is 589 Å². The van der Waals surface area contributed by atoms with Crippen LogP contribution >= 0.6 is 0 Å². The quantitative estimate of drug-likeness (QED) is 0.0276. The minimum atomic E-state index is -7.32. The minimum absolute atomic E-state index is 0.0834. The first-order valence-corrected chi connectivity index (χ1v) is 45.9. The monoisotopic (exact) mass is 1590 g/mol. The molecule has 0 spiro atoms. The van der Waals surface area contributed by atoms with Gasteiger partial charge in [0.2, 0.25) is 80.0 Å². The summed E-state index contributed by atoms with van der Waals surface area (Å²) in [6.07, 6.45) is 0.204. The van der Waals surface area contributed by atoms with Crippen LogP contribution in [-0.4, -0.2) is 257 Å². The number of hydrogen-bond donors (Lipinski definition) is 14. The van der Waals surface area contributed by atoms with Gasteiger partial charge in [-0.25, -0.2) is 58.9 Å². The van der Waals surface area contributed by atoms with Gasteiger partial charge < -0.3 is 11.5 Å². The molecule has 0 aliphatic heterocycles. The first-order valence-electron chi connectivity index (χ1n) is 31.3. The number of nitrogens with zero attached hydrogens (tertiary/aromatic N) is 4. The van der Waals surface area contributed by atoms with Crippen molar-refractivity contribution in [1.29, 1.82) is 0 Å². The van der Waals surface area contributed by atoms with E-state index in [0.29, 0.717) is 12.5 Å². The molecule has 0 fully saturated rings. The molecule has 2 rings (SSSR count). The molecule has 8 atom stereocenters. The van der Waals surface area contributed by atoms with Crippen LogP contribution in [0.1, 0.15) is 93.2 Å². The molecule has 16 N–H and O–H groups in total. The molecular formula is C52H108N18O20S9. The highest BCUT2D eigenvalue weighted by molar-refractivity contribution is 7.96. The lowest BCUT2D eigenvalue weighted by Crippen LogP contribution is -3.06. The van der Waals surface area contributed by atoms with Crippen LogP contribution in [0.15, 0.2) is 60.7 Å². The average molecular weight is 1590 g/mol. The van der Waals surface area contributed by atoms with Gasteiger partial charge >= 0.3 is 20.6 Å². The van der Waals surface area contributed by atoms with Gasteiger partial charge in [0.15, 0.2) is 34.2 Å². The van der Waals surface area contributed by atoms with Gasteiger partial charge in [-0.15, -0.1) is 0 Å². The molecule has 0 aliphatic carbocycles. The van der Waals surface area contributed by atoms with E-state index < -0.39 is 210 Å². The van der Waals surface area contributed by atoms with Crippen LogP contribution in [0.5, 0.6) is 0 Å². The van der Waals surface area contributed by atoms with Crippen LogP contribution in [0.4, 0.5) is 0 Å². The molecule has 99 heavy (non-hydrogen) atoms. The molecule has 0 saturated heterocycles. The van der Waals surface area contributed by atoms with E-state index in [1.807, 2.05) is 18.9 Å². The Morgan fingerprint density at radius 2 is 0.677 bits per heavy atom. The smallest absolute Gasteiger partial charge is 0.306 e. The van der Waals surface area contributed by atoms with E-state index in [4.69, 9.17) is 19.8 Å². The summed E-state index contributed by atoms with van der Waals surface area (Å²) in [5.41, 5.74) is 0.659. The third kappa shape index (κ3) is 19.6. The van der Waals surface area contributed by atoms with Crippen molar-refractivity contribution >= 4 is 90.6 Å². The number of benzene rings is 2. The highest BCUT2D eigenvalue weighted by Crippen LogP contribution is 2.53. The van der Waals surface area contributed by atoms with E-state index in [1.165, 1.54) is 104 Å². The molecule has 2 aromatic rings. The maximum Gasteiger partial charge on any atom is 0.338 e. The number of nitrogens with one attached hydrogen (secondary N) is 12. The highest BCUT2D eigenvalue weighted by atomic mass is 32.3. The minimum Gasteiger partial charge on any atom is -0.306 e. The lowest BCUT2D eigenvalue weighted by Gasteiger charge is -2.70. The van der Waals surface area contributed by atoms with Gasteiger partial charge in [-0.1, -0.05) is 116 Å². The standard InChI is InChI=1S/C52H108N18O20S9/c1-19-39-95(79,80)63-49(59-91(17,71)72,61-93(75,76)27-9)45(53,55-11)47(57-21-3,67(13)14)51(69(23-5)24-6,65-98(85,86)89-41-43-35-31-29-32-36-43)97(83,84)52(70(25-7)26-8,66-99(87,88)90-42-44-37-33-30-34-38-44)48(58-22-4,68(15)16)46(54,56-12)50(60-92(18,73)74,62-94(77,78)28-10)64-96(81,82)40-20-2/h29-38,55-66H,19-28,39-42,53-54H2,1-18H3. The molecule has 0 amide bonds. The summed E-state index contributed by atoms with van der Waals surface area (Å²) in [6.45, 7) is 5.09. The zero-order chi connectivity index (χ0) is 76.8. The van der Waals surface area contributed by atoms with Crippen molar-refractivity contribution in [3.8, 4) is 0 Å². The van der Waals surface area contributed by atoms with Crippen molar-refractivity contribution in [3.63, 3.8) is 0 Å². The molecule has 38 nitrogen and oxygen atoms in total. The molecule has 8 unspecified atom stereocenters. The molecule has 0 aromatic heterocycles. The van der Waals surface area contributed by atoms with Crippen LogP contribution in [0.25, 0.3) is 0 Å². The normalized spacial score (nSPS) is 18.7. The Hall–Kier alpha value is -2.81. The van der Waals surface area contributed by atoms with Crippen LogP contribution in [0.2, 0.25) is 0 Å². The van der Waals surface area contributed by atoms with E-state index >= 15 is 25.3 Å². The van der Waals surface area contributed by atoms with Crippen molar-refractivity contribution in [3.05, 3.63) is 71.8 Å². The average Bonchev–Trinajstić information content (AvgIpc) is 0.646. The van der Waals surface area contributed by atoms with Gasteiger partial charge in [-0.3, -0.25) is 49.2 Å². The van der Waals surface area contributed by atoms with E-state index in [1.54, 1.807) is 12.1 Å². The van der Waals surface area contributed by atoms with Gasteiger partial charge in [0.1, 0.15) is 0 Å². The van der Waals surface area contributed by atoms with Gasteiger partial charge in [0.25, 0.3) is 0 Å². The fraction of sp³-hybridized carbons (Fsp3) is 0.769. The van der Waals surface area contributed by atoms with Crippen molar-refractivity contribution < 1.29 is 84.1 Å². The van der Waals surface area contributed by atoms with E-state index in [0.717, 1.165) is 75.7 Å². The summed E-state index contributed by atoms with van der Waals surface area (Å²) < 4.78 is 310. The van der Waals surface area contributed by atoms with E-state index in [-0.39, 0.29) is 24.0 Å². The second kappa shape index (κ2) is 35.1. The molecule has 0 heterocycles. The van der Waals surface area contributed by atoms with Gasteiger partial charge in [0.05, 0.1) is 48.7 Å². The number of sulfonamides is 6. The SMILES string of the molecule is CCCS(=O)(=O)NC(NS(C)(=O)=O)(NS(=O)(=O)CC)C(N)(NC)C(NCC)(N(C)C)C(NS(=O)(=O)OCc1ccccc1)(N(CC)CC)S(=O)(=O)C(NS(=O)(=O)OCc1ccccc1)(N(CC)CC)C(NCC)(N(C)C)C(N)(NC)C(NS(C)(=O)=O)(NS(=O)(=O)CC)NS(=O)(=O)CCC. The fourth-order valence-corrected chi connectivity index (χ4v) is 25.5. The summed E-state index contributed by atoms with van der Waals surface area (Å²) in [5, 5.41) is 11.0. The topological polar surface area (TPSA) is 535 Å². The number of rotatable bonds is 50. The van der Waals surface area contributed by atoms with Crippen molar-refractivity contribution in [2.75, 3.05) is 117 Å². The highest BCUT2D eigenvalue weighted by Gasteiger charge is 2.87. The van der Waals surface area contributed by atoms with Crippen molar-refractivity contribution in [2.45, 2.75) is 140 Å². The largest absolute Gasteiger partial charge is 0.338 e. The summed E-state index contributed by atoms with van der Waals surface area (Å²) in [5.74, 6) is -12.1. The van der Waals surface area contributed by atoms with Crippen molar-refractivity contribution in [2.24, 2.45) is 11.5 Å². The molecule has 2 aromatic carbocycles. The Morgan fingerprint density at radius 1 is 0.404 bits per heavy atom. The van der Waals surface area contributed by atoms with Crippen LogP contribution < -0.4 is 70.5 Å². The van der Waals surface area contributed by atoms with Crippen LogP contribution in [-0.2, 0) is 112 Å². The lowest BCUT2D eigenvalue weighted by molar-refractivity contribution is -0.143. The fourth-order valence-electron chi connectivity index (χ4n) is 12.3. The van der Waals surface area contributed by atoms with Crippen LogP contribution in [0, 0.1) is 0 Å². The number of nitrogens with two attached hydrogens (primary N) is 2. The van der Waals surface area contributed by atoms with Gasteiger partial charge in [-0.2, -0.15) is 54.6 Å². The van der Waals surface area contributed by atoms with Crippen LogP contribution in [0.3, 0.4) is 0 Å². The Morgan fingerprint density at radius 3 is 0.889 bits per heavy atom. The van der Waals surface area contributed by atoms with Crippen molar-refractivity contribution in [1.82, 2.24) is 78.6 Å². The number of likely N-dealkylation sites (N-methyl/N-ethyl adjacent to an activating group) is 8. The summed E-state index contributed by atoms with van der Waals surface area (Å²) >= 11 is 0. The molecular weight excluding hydrogens is 1490 g/mol. The Balaban J connectivity index is 4.64. The van der Waals surface area contributed by atoms with E-state index in [2.05, 4.69) is 40.2 Å². The second-order valence-electron chi connectivity index (χ2n) is 23.2. The predicted octanol–water partition coefficient (Wildman–Crippen LogP) is -5.08. The Bertz CT molecular complexity index is 3790. The third-order valence-electron chi connectivity index (χ3n) is 16.1. The zero-order valence-electron chi connectivity index (χ0n) is 59.5. The first-order chi connectivity index (χ1) is 45.2. The number of hydrogen-bond acceptors (Lipinski definition) is 30. The number of sulfone groups is 1. The Kier molecular flexibility index (Phi) is 32.7. The second-order valence-corrected chi connectivity index (χ2v) is 39.3. The molecule has 0 aliphatic rings. The predicted molar refractivity (Wildman–Crippen MR) is 380 cm³/mol. The van der Waals surface area contributed by atoms with Gasteiger partial charge in [-0.05, 0) is 119 Å².